The summed E-state index contributed by atoms with van der Waals surface area (Å²) in [7, 11) is -2.95. The van der Waals surface area contributed by atoms with Gasteiger partial charge in [0.1, 0.15) is 0 Å². The van der Waals surface area contributed by atoms with Gasteiger partial charge in [-0.25, -0.2) is 8.42 Å². The molecule has 4 rings (SSSR count). The Hall–Kier alpha value is -1.47. The summed E-state index contributed by atoms with van der Waals surface area (Å²) in [6.45, 7) is 0.375. The number of rotatable bonds is 3. The van der Waals surface area contributed by atoms with Crippen LogP contribution in [0.4, 0.5) is 0 Å². The van der Waals surface area contributed by atoms with Crippen LogP contribution >= 0.6 is 11.8 Å². The number of para-hydroxylation sites is 1. The van der Waals surface area contributed by atoms with Crippen molar-refractivity contribution in [1.29, 1.82) is 0 Å². The molecule has 2 atom stereocenters. The van der Waals surface area contributed by atoms with Gasteiger partial charge in [0.2, 0.25) is 5.91 Å². The molecule has 5 nitrogen and oxygen atoms in total. The molecule has 1 aromatic carbocycles. The van der Waals surface area contributed by atoms with Gasteiger partial charge >= 0.3 is 0 Å². The third-order valence-electron chi connectivity index (χ3n) is 4.53. The summed E-state index contributed by atoms with van der Waals surface area (Å²) < 4.78 is 23.5. The first-order valence-corrected chi connectivity index (χ1v) is 9.94. The molecule has 0 radical (unpaired) electrons. The van der Waals surface area contributed by atoms with Gasteiger partial charge in [-0.2, -0.15) is 0 Å². The number of H-pyrrole nitrogens is 1. The van der Waals surface area contributed by atoms with Gasteiger partial charge < -0.3 is 9.88 Å². The number of hydrogen-bond acceptors (Lipinski definition) is 4. The lowest BCUT2D eigenvalue weighted by Gasteiger charge is -2.26. The number of carbonyl (C=O) groups excluding carboxylic acids is 1. The number of aromatic amines is 1. The smallest absolute Gasteiger partial charge is 0.233 e. The maximum atomic E-state index is 12.4. The molecule has 22 heavy (non-hydrogen) atoms. The van der Waals surface area contributed by atoms with Crippen LogP contribution in [0.1, 0.15) is 6.42 Å². The van der Waals surface area contributed by atoms with Crippen LogP contribution < -0.4 is 0 Å². The van der Waals surface area contributed by atoms with Crippen molar-refractivity contribution in [2.75, 3.05) is 18.1 Å². The first-order chi connectivity index (χ1) is 10.5. The number of benzene rings is 1. The Morgan fingerprint density at radius 1 is 1.36 bits per heavy atom. The Bertz CT molecular complexity index is 843. The Balaban J connectivity index is 1.44. The van der Waals surface area contributed by atoms with Crippen molar-refractivity contribution >= 4 is 38.4 Å². The van der Waals surface area contributed by atoms with Crippen molar-refractivity contribution in [2.45, 2.75) is 22.6 Å². The van der Waals surface area contributed by atoms with Crippen molar-refractivity contribution in [3.05, 3.63) is 30.5 Å². The van der Waals surface area contributed by atoms with Crippen molar-refractivity contribution in [3.8, 4) is 0 Å². The van der Waals surface area contributed by atoms with Gasteiger partial charge in [-0.3, -0.25) is 4.79 Å². The number of amides is 1. The second kappa shape index (κ2) is 5.03. The molecule has 1 aromatic heterocycles. The fraction of sp³-hybridized carbons (Fsp3) is 0.400. The number of likely N-dealkylation sites (tertiary alicyclic amines) is 1. The predicted octanol–water partition coefficient (Wildman–Crippen LogP) is 1.66. The highest BCUT2D eigenvalue weighted by Crippen LogP contribution is 2.34. The molecule has 2 aliphatic heterocycles. The van der Waals surface area contributed by atoms with E-state index in [0.717, 1.165) is 15.8 Å². The molecule has 2 aliphatic rings. The molecule has 2 aromatic rings. The normalized spacial score (nSPS) is 25.9. The van der Waals surface area contributed by atoms with Crippen LogP contribution in [0.5, 0.6) is 0 Å². The molecule has 2 bridgehead atoms. The summed E-state index contributed by atoms with van der Waals surface area (Å²) in [5.41, 5.74) is 1.06. The number of fused-ring (bicyclic) bond motifs is 3. The molecule has 2 fully saturated rings. The van der Waals surface area contributed by atoms with Crippen molar-refractivity contribution in [1.82, 2.24) is 9.88 Å². The molecule has 0 aliphatic carbocycles. The minimum Gasteiger partial charge on any atom is -0.360 e. The quantitative estimate of drug-likeness (QED) is 0.866. The van der Waals surface area contributed by atoms with E-state index < -0.39 is 9.84 Å². The second-order valence-electron chi connectivity index (χ2n) is 5.87. The average molecular weight is 336 g/mol. The summed E-state index contributed by atoms with van der Waals surface area (Å²) >= 11 is 1.51. The number of thioether (sulfide) groups is 1. The number of hydrogen-bond donors (Lipinski definition) is 1. The first kappa shape index (κ1) is 14.1. The average Bonchev–Trinajstić information content (AvgIpc) is 3.15. The summed E-state index contributed by atoms with van der Waals surface area (Å²) in [5.74, 6) is 0.532. The third-order valence-corrected chi connectivity index (χ3v) is 7.78. The molecule has 116 valence electrons. The molecule has 2 saturated heterocycles. The lowest BCUT2D eigenvalue weighted by atomic mass is 10.2. The molecular weight excluding hydrogens is 320 g/mol. The van der Waals surface area contributed by atoms with Crippen molar-refractivity contribution in [2.24, 2.45) is 0 Å². The molecular formula is C15H16N2O3S2. The van der Waals surface area contributed by atoms with Gasteiger partial charge in [-0.05, 0) is 12.5 Å². The number of sulfone groups is 1. The number of nitrogens with one attached hydrogen (secondary N) is 1. The predicted molar refractivity (Wildman–Crippen MR) is 86.7 cm³/mol. The summed E-state index contributed by atoms with van der Waals surface area (Å²) in [6, 6.07) is 7.88. The summed E-state index contributed by atoms with van der Waals surface area (Å²) in [4.78, 5) is 18.4. The van der Waals surface area contributed by atoms with E-state index in [1.807, 2.05) is 30.5 Å². The Kier molecular flexibility index (Phi) is 3.23. The van der Waals surface area contributed by atoms with Crippen LogP contribution in [0.15, 0.2) is 35.4 Å². The third kappa shape index (κ3) is 2.23. The van der Waals surface area contributed by atoms with E-state index in [0.29, 0.717) is 18.7 Å². The maximum absolute atomic E-state index is 12.4. The topological polar surface area (TPSA) is 70.2 Å². The van der Waals surface area contributed by atoms with Crippen molar-refractivity contribution in [3.63, 3.8) is 0 Å². The number of nitrogens with zero attached hydrogens (tertiary/aromatic N) is 1. The van der Waals surface area contributed by atoms with Crippen LogP contribution in [-0.4, -0.2) is 53.6 Å². The van der Waals surface area contributed by atoms with E-state index in [9.17, 15) is 13.2 Å². The van der Waals surface area contributed by atoms with Gasteiger partial charge in [-0.15, -0.1) is 11.8 Å². The van der Waals surface area contributed by atoms with Gasteiger partial charge in [0.15, 0.2) is 9.84 Å². The number of carbonyl (C=O) groups is 1. The van der Waals surface area contributed by atoms with E-state index in [1.165, 1.54) is 11.8 Å². The monoisotopic (exact) mass is 336 g/mol. The molecule has 0 saturated carbocycles. The highest BCUT2D eigenvalue weighted by Gasteiger charge is 2.49. The summed E-state index contributed by atoms with van der Waals surface area (Å²) in [6.07, 6.45) is 2.54. The zero-order valence-corrected chi connectivity index (χ0v) is 13.5. The maximum Gasteiger partial charge on any atom is 0.233 e. The van der Waals surface area contributed by atoms with E-state index in [-0.39, 0.29) is 23.0 Å². The lowest BCUT2D eigenvalue weighted by Crippen LogP contribution is -2.44. The Morgan fingerprint density at radius 2 is 2.18 bits per heavy atom. The van der Waals surface area contributed by atoms with Crippen LogP contribution in [0, 0.1) is 0 Å². The first-order valence-electron chi connectivity index (χ1n) is 7.24. The zero-order valence-electron chi connectivity index (χ0n) is 11.9. The van der Waals surface area contributed by atoms with Gasteiger partial charge in [-0.1, -0.05) is 18.2 Å². The van der Waals surface area contributed by atoms with Crippen LogP contribution in [0.2, 0.25) is 0 Å². The minimum atomic E-state index is -2.95. The zero-order chi connectivity index (χ0) is 15.3. The van der Waals surface area contributed by atoms with Crippen LogP contribution in [0.3, 0.4) is 0 Å². The highest BCUT2D eigenvalue weighted by molar-refractivity contribution is 8.00. The molecule has 1 N–H and O–H groups in total. The van der Waals surface area contributed by atoms with E-state index in [4.69, 9.17) is 0 Å². The van der Waals surface area contributed by atoms with Gasteiger partial charge in [0.25, 0.3) is 0 Å². The fourth-order valence-corrected chi connectivity index (χ4v) is 6.34. The SMILES string of the molecule is O=C(CSc1c[nH]c2ccccc12)N1C[C@H]2C[C@H]1CS2(=O)=O. The highest BCUT2D eigenvalue weighted by atomic mass is 32.2. The largest absolute Gasteiger partial charge is 0.360 e. The van der Waals surface area contributed by atoms with Crippen LogP contribution in [-0.2, 0) is 14.6 Å². The van der Waals surface area contributed by atoms with E-state index >= 15 is 0 Å². The van der Waals surface area contributed by atoms with Crippen molar-refractivity contribution < 1.29 is 13.2 Å². The molecule has 1 amide bonds. The summed E-state index contributed by atoms with van der Waals surface area (Å²) in [5, 5.41) is 0.783. The molecule has 0 spiro atoms. The number of aromatic nitrogens is 1. The molecule has 0 unspecified atom stereocenters. The van der Waals surface area contributed by atoms with Crippen LogP contribution in [0.25, 0.3) is 10.9 Å². The second-order valence-corrected chi connectivity index (χ2v) is 9.22. The Morgan fingerprint density at radius 3 is 2.91 bits per heavy atom. The van der Waals surface area contributed by atoms with E-state index in [1.54, 1.807) is 4.90 Å². The van der Waals surface area contributed by atoms with Gasteiger partial charge in [0, 0.05) is 34.6 Å². The lowest BCUT2D eigenvalue weighted by molar-refractivity contribution is -0.128. The minimum absolute atomic E-state index is 0.0395. The fourth-order valence-electron chi connectivity index (χ4n) is 3.39. The Labute approximate surface area is 133 Å². The standard InChI is InChI=1S/C15H16N2O3S2/c18-15(17-7-11-5-10(17)9-22(11,19)20)8-21-14-6-16-13-4-2-1-3-12(13)14/h1-4,6,10-11,16H,5,7-9H2/t10-,11+/m0/s1. The molecule has 7 heteroatoms. The van der Waals surface area contributed by atoms with E-state index in [2.05, 4.69) is 4.98 Å². The van der Waals surface area contributed by atoms with Gasteiger partial charge in [0.05, 0.1) is 16.8 Å². The molecule has 3 heterocycles.